The summed E-state index contributed by atoms with van der Waals surface area (Å²) in [6.07, 6.45) is 3.45. The van der Waals surface area contributed by atoms with Crippen molar-refractivity contribution in [3.8, 4) is 11.6 Å². The van der Waals surface area contributed by atoms with Gasteiger partial charge in [0.25, 0.3) is 0 Å². The first-order chi connectivity index (χ1) is 11.4. The lowest BCUT2D eigenvalue weighted by molar-refractivity contribution is 0.303. The third-order valence-corrected chi connectivity index (χ3v) is 3.59. The molecule has 0 aliphatic heterocycles. The number of rotatable bonds is 7. The Morgan fingerprint density at radius 3 is 2.57 bits per heavy atom. The summed E-state index contributed by atoms with van der Waals surface area (Å²) in [5.41, 5.74) is 2.19. The Bertz CT molecular complexity index is 751. The molecule has 4 heteroatoms. The Balaban J connectivity index is 1.53. The van der Waals surface area contributed by atoms with Crippen LogP contribution in [-0.4, -0.2) is 23.2 Å². The minimum Gasteiger partial charge on any atom is -0.494 e. The second-order valence-corrected chi connectivity index (χ2v) is 5.22. The van der Waals surface area contributed by atoms with E-state index in [-0.39, 0.29) is 0 Å². The fourth-order valence-corrected chi connectivity index (χ4v) is 2.46. The molecule has 4 nitrogen and oxygen atoms in total. The number of benzene rings is 2. The molecule has 1 heterocycles. The maximum Gasteiger partial charge on any atom is 0.224 e. The van der Waals surface area contributed by atoms with Crippen LogP contribution in [0.3, 0.4) is 0 Å². The number of ether oxygens (including phenoxy) is 2. The van der Waals surface area contributed by atoms with Crippen molar-refractivity contribution in [3.05, 3.63) is 60.4 Å². The number of hydrogen-bond donors (Lipinski definition) is 0. The fourth-order valence-electron chi connectivity index (χ4n) is 2.46. The van der Waals surface area contributed by atoms with Crippen molar-refractivity contribution in [2.75, 3.05) is 13.2 Å². The van der Waals surface area contributed by atoms with E-state index in [1.807, 2.05) is 43.3 Å². The van der Waals surface area contributed by atoms with Crippen LogP contribution in [0.4, 0.5) is 0 Å². The molecule has 1 aromatic heterocycles. The Kier molecular flexibility index (Phi) is 5.04. The molecule has 0 spiro atoms. The first-order valence-electron chi connectivity index (χ1n) is 7.91. The quantitative estimate of drug-likeness (QED) is 0.618. The zero-order valence-corrected chi connectivity index (χ0v) is 13.2. The number of hydrogen-bond acceptors (Lipinski definition) is 4. The van der Waals surface area contributed by atoms with Gasteiger partial charge >= 0.3 is 0 Å². The first kappa shape index (κ1) is 15.3. The normalized spacial score (nSPS) is 10.7. The first-order valence-corrected chi connectivity index (χ1v) is 7.91. The predicted molar refractivity (Wildman–Crippen MR) is 91.0 cm³/mol. The van der Waals surface area contributed by atoms with Gasteiger partial charge < -0.3 is 9.47 Å². The van der Waals surface area contributed by atoms with E-state index < -0.39 is 0 Å². The molecular formula is C19H20N2O2. The number of aryl methyl sites for hydroxylation is 1. The Labute approximate surface area is 136 Å². The van der Waals surface area contributed by atoms with Crippen LogP contribution in [0.1, 0.15) is 18.9 Å². The highest BCUT2D eigenvalue weighted by Crippen LogP contribution is 2.20. The van der Waals surface area contributed by atoms with Crippen LogP contribution in [0.5, 0.6) is 11.6 Å². The molecule has 0 saturated carbocycles. The Morgan fingerprint density at radius 1 is 0.913 bits per heavy atom. The molecular weight excluding hydrogens is 288 g/mol. The summed E-state index contributed by atoms with van der Waals surface area (Å²) in [5, 5.41) is 0.955. The summed E-state index contributed by atoms with van der Waals surface area (Å²) >= 11 is 0. The minimum absolute atomic E-state index is 0.633. The van der Waals surface area contributed by atoms with Crippen molar-refractivity contribution in [1.29, 1.82) is 0 Å². The SMILES string of the molecule is CCOc1ccc(CCCOc2ncnc3ccccc23)cc1. The van der Waals surface area contributed by atoms with E-state index in [0.29, 0.717) is 19.1 Å². The molecule has 118 valence electrons. The molecule has 0 radical (unpaired) electrons. The van der Waals surface area contributed by atoms with E-state index in [4.69, 9.17) is 9.47 Å². The zero-order chi connectivity index (χ0) is 15.9. The van der Waals surface area contributed by atoms with Crippen molar-refractivity contribution in [2.24, 2.45) is 0 Å². The average Bonchev–Trinajstić information content (AvgIpc) is 2.60. The molecule has 0 bridgehead atoms. The van der Waals surface area contributed by atoms with Crippen molar-refractivity contribution >= 4 is 10.9 Å². The molecule has 0 amide bonds. The standard InChI is InChI=1S/C19H20N2O2/c1-2-22-16-11-9-15(10-12-16)6-5-13-23-19-17-7-3-4-8-18(17)20-14-21-19/h3-4,7-12,14H,2,5-6,13H2,1H3. The van der Waals surface area contributed by atoms with Gasteiger partial charge in [0.1, 0.15) is 12.1 Å². The fraction of sp³-hybridized carbons (Fsp3) is 0.263. The van der Waals surface area contributed by atoms with Crippen LogP contribution < -0.4 is 9.47 Å². The smallest absolute Gasteiger partial charge is 0.224 e. The van der Waals surface area contributed by atoms with E-state index in [9.17, 15) is 0 Å². The number of nitrogens with zero attached hydrogens (tertiary/aromatic N) is 2. The molecule has 2 aromatic carbocycles. The molecule has 0 aliphatic carbocycles. The zero-order valence-electron chi connectivity index (χ0n) is 13.2. The number of aromatic nitrogens is 2. The van der Waals surface area contributed by atoms with Gasteiger partial charge in [-0.1, -0.05) is 24.3 Å². The molecule has 23 heavy (non-hydrogen) atoms. The van der Waals surface area contributed by atoms with Crippen LogP contribution in [0.2, 0.25) is 0 Å². The maximum atomic E-state index is 5.83. The van der Waals surface area contributed by atoms with E-state index >= 15 is 0 Å². The minimum atomic E-state index is 0.633. The van der Waals surface area contributed by atoms with Gasteiger partial charge in [-0.3, -0.25) is 0 Å². The maximum absolute atomic E-state index is 5.83. The highest BCUT2D eigenvalue weighted by Gasteiger charge is 2.03. The van der Waals surface area contributed by atoms with Crippen molar-refractivity contribution in [1.82, 2.24) is 9.97 Å². The highest BCUT2D eigenvalue weighted by molar-refractivity contribution is 5.82. The van der Waals surface area contributed by atoms with Crippen molar-refractivity contribution < 1.29 is 9.47 Å². The molecule has 0 N–H and O–H groups in total. The summed E-state index contributed by atoms with van der Waals surface area (Å²) in [6, 6.07) is 16.1. The molecule has 0 fully saturated rings. The molecule has 0 saturated heterocycles. The van der Waals surface area contributed by atoms with Gasteiger partial charge in [-0.25, -0.2) is 9.97 Å². The van der Waals surface area contributed by atoms with Gasteiger partial charge in [0.05, 0.1) is 24.1 Å². The lowest BCUT2D eigenvalue weighted by Crippen LogP contribution is -2.02. The van der Waals surface area contributed by atoms with Crippen molar-refractivity contribution in [2.45, 2.75) is 19.8 Å². The van der Waals surface area contributed by atoms with Crippen LogP contribution in [0.25, 0.3) is 10.9 Å². The monoisotopic (exact) mass is 308 g/mol. The predicted octanol–water partition coefficient (Wildman–Crippen LogP) is 4.04. The summed E-state index contributed by atoms with van der Waals surface area (Å²) in [4.78, 5) is 8.47. The second kappa shape index (κ2) is 7.58. The summed E-state index contributed by atoms with van der Waals surface area (Å²) in [6.45, 7) is 3.32. The average molecular weight is 308 g/mol. The summed E-state index contributed by atoms with van der Waals surface area (Å²) in [7, 11) is 0. The molecule has 3 rings (SSSR count). The highest BCUT2D eigenvalue weighted by atomic mass is 16.5. The lowest BCUT2D eigenvalue weighted by atomic mass is 10.1. The van der Waals surface area contributed by atoms with Gasteiger partial charge in [-0.05, 0) is 49.6 Å². The Morgan fingerprint density at radius 2 is 1.74 bits per heavy atom. The summed E-state index contributed by atoms with van der Waals surface area (Å²) < 4.78 is 11.3. The molecule has 0 aliphatic rings. The summed E-state index contributed by atoms with van der Waals surface area (Å²) in [5.74, 6) is 1.57. The lowest BCUT2D eigenvalue weighted by Gasteiger charge is -2.08. The van der Waals surface area contributed by atoms with Gasteiger partial charge in [-0.15, -0.1) is 0 Å². The largest absolute Gasteiger partial charge is 0.494 e. The van der Waals surface area contributed by atoms with E-state index in [1.165, 1.54) is 5.56 Å². The van der Waals surface area contributed by atoms with E-state index in [2.05, 4.69) is 22.1 Å². The second-order valence-electron chi connectivity index (χ2n) is 5.22. The third-order valence-electron chi connectivity index (χ3n) is 3.59. The van der Waals surface area contributed by atoms with E-state index in [0.717, 1.165) is 29.5 Å². The van der Waals surface area contributed by atoms with Gasteiger partial charge in [-0.2, -0.15) is 0 Å². The van der Waals surface area contributed by atoms with Crippen LogP contribution in [-0.2, 0) is 6.42 Å². The Hall–Kier alpha value is -2.62. The van der Waals surface area contributed by atoms with Gasteiger partial charge in [0.15, 0.2) is 0 Å². The van der Waals surface area contributed by atoms with Gasteiger partial charge in [0, 0.05) is 0 Å². The topological polar surface area (TPSA) is 44.2 Å². The van der Waals surface area contributed by atoms with Crippen LogP contribution >= 0.6 is 0 Å². The third kappa shape index (κ3) is 3.97. The molecule has 3 aromatic rings. The number of para-hydroxylation sites is 1. The molecule has 0 atom stereocenters. The van der Waals surface area contributed by atoms with Crippen LogP contribution in [0.15, 0.2) is 54.9 Å². The van der Waals surface area contributed by atoms with E-state index in [1.54, 1.807) is 6.33 Å². The number of fused-ring (bicyclic) bond motifs is 1. The van der Waals surface area contributed by atoms with Crippen molar-refractivity contribution in [3.63, 3.8) is 0 Å². The molecule has 0 unspecified atom stereocenters. The van der Waals surface area contributed by atoms with Gasteiger partial charge in [0.2, 0.25) is 5.88 Å². The van der Waals surface area contributed by atoms with Crippen LogP contribution in [0, 0.1) is 0 Å².